The number of benzene rings is 1. The van der Waals surface area contributed by atoms with Crippen LogP contribution in [0.4, 0.5) is 5.82 Å². The van der Waals surface area contributed by atoms with Crippen LogP contribution in [0.2, 0.25) is 17.3 Å². The first-order valence-corrected chi connectivity index (χ1v) is 19.0. The van der Waals surface area contributed by atoms with Crippen molar-refractivity contribution >= 4 is 39.2 Å². The van der Waals surface area contributed by atoms with E-state index >= 15 is 0 Å². The Morgan fingerprint density at radius 1 is 1.23 bits per heavy atom. The van der Waals surface area contributed by atoms with Crippen LogP contribution in [0.15, 0.2) is 46.3 Å². The Kier molecular flexibility index (Phi) is 5.84. The van der Waals surface area contributed by atoms with E-state index in [1.54, 1.807) is 18.2 Å². The van der Waals surface area contributed by atoms with E-state index in [-0.39, 0.29) is 20.9 Å². The van der Waals surface area contributed by atoms with E-state index in [9.17, 15) is 13.2 Å². The van der Waals surface area contributed by atoms with Gasteiger partial charge in [-0.2, -0.15) is 0 Å². The van der Waals surface area contributed by atoms with E-state index in [1.165, 1.54) is 12.3 Å². The summed E-state index contributed by atoms with van der Waals surface area (Å²) in [5.41, 5.74) is 5.44. The first-order chi connectivity index (χ1) is 13.7. The Morgan fingerprint density at radius 2 is 1.90 bits per heavy atom. The number of nitrogens with zero attached hydrogens (tertiary/aromatic N) is 2. The summed E-state index contributed by atoms with van der Waals surface area (Å²) in [7, 11) is -3.94. The molecule has 1 aliphatic heterocycles. The number of anilines is 1. The molecular formula is C22H31GeN3O3S. The minimum atomic E-state index is -3.94. The third kappa shape index (κ3) is 4.14. The molecule has 8 heteroatoms. The van der Waals surface area contributed by atoms with Gasteiger partial charge < -0.3 is 0 Å². The second kappa shape index (κ2) is 7.68. The standard InChI is InChI=1S/C22H31GeN3O3S/c1-15-13-22(2,3)26(14-15)21-19(20(24)27)18(10-11-25-21)30(28,29)17-9-7-8-16(12-17)23(4,5)6/h7-12,15H,13-14H2,1-6H3,(H2,24,27)/t15-/m0/s1. The quantitative estimate of drug-likeness (QED) is 0.651. The van der Waals surface area contributed by atoms with E-state index in [1.807, 2.05) is 11.0 Å². The van der Waals surface area contributed by atoms with Gasteiger partial charge in [0.05, 0.1) is 0 Å². The number of nitrogens with two attached hydrogens (primary N) is 1. The van der Waals surface area contributed by atoms with Crippen LogP contribution in [0.25, 0.3) is 0 Å². The van der Waals surface area contributed by atoms with E-state index in [0.717, 1.165) is 10.8 Å². The Morgan fingerprint density at radius 3 is 2.43 bits per heavy atom. The zero-order valence-corrected chi connectivity index (χ0v) is 21.5. The van der Waals surface area contributed by atoms with E-state index in [2.05, 4.69) is 43.0 Å². The van der Waals surface area contributed by atoms with Crippen molar-refractivity contribution in [2.24, 2.45) is 11.7 Å². The second-order valence-electron chi connectivity index (χ2n) is 9.89. The molecule has 0 spiro atoms. The molecule has 1 saturated heterocycles. The van der Waals surface area contributed by atoms with Crippen LogP contribution in [0.3, 0.4) is 0 Å². The molecule has 3 rings (SSSR count). The molecule has 1 aliphatic rings. The molecule has 2 heterocycles. The van der Waals surface area contributed by atoms with Crippen LogP contribution in [0.5, 0.6) is 0 Å². The van der Waals surface area contributed by atoms with E-state index < -0.39 is 29.0 Å². The summed E-state index contributed by atoms with van der Waals surface area (Å²) in [6.45, 7) is 6.97. The molecule has 2 N–H and O–H groups in total. The van der Waals surface area contributed by atoms with Gasteiger partial charge >= 0.3 is 182 Å². The molecule has 6 nitrogen and oxygen atoms in total. The fraction of sp³-hybridized carbons (Fsp3) is 0.455. The van der Waals surface area contributed by atoms with Crippen molar-refractivity contribution in [1.82, 2.24) is 4.98 Å². The molecule has 0 radical (unpaired) electrons. The van der Waals surface area contributed by atoms with Gasteiger partial charge in [-0.3, -0.25) is 0 Å². The van der Waals surface area contributed by atoms with Gasteiger partial charge in [0.1, 0.15) is 0 Å². The summed E-state index contributed by atoms with van der Waals surface area (Å²) in [6, 6.07) is 8.48. The van der Waals surface area contributed by atoms with Gasteiger partial charge in [0.2, 0.25) is 0 Å². The Hall–Kier alpha value is -1.87. The van der Waals surface area contributed by atoms with Gasteiger partial charge in [0.25, 0.3) is 0 Å². The number of rotatable bonds is 5. The number of hydrogen-bond donors (Lipinski definition) is 1. The number of carbonyl (C=O) groups is 1. The molecule has 30 heavy (non-hydrogen) atoms. The number of hydrogen-bond acceptors (Lipinski definition) is 5. The van der Waals surface area contributed by atoms with Gasteiger partial charge in [-0.05, 0) is 0 Å². The van der Waals surface area contributed by atoms with Crippen molar-refractivity contribution in [2.75, 3.05) is 11.4 Å². The van der Waals surface area contributed by atoms with Gasteiger partial charge in [-0.15, -0.1) is 0 Å². The molecular weight excluding hydrogens is 459 g/mol. The van der Waals surface area contributed by atoms with Crippen LogP contribution in [-0.2, 0) is 9.84 Å². The summed E-state index contributed by atoms with van der Waals surface area (Å²) in [4.78, 5) is 19.0. The summed E-state index contributed by atoms with van der Waals surface area (Å²) in [6.07, 6.45) is 2.38. The molecule has 1 fully saturated rings. The first kappa shape index (κ1) is 22.8. The maximum absolute atomic E-state index is 13.6. The van der Waals surface area contributed by atoms with Gasteiger partial charge in [0, 0.05) is 0 Å². The maximum atomic E-state index is 13.6. The van der Waals surface area contributed by atoms with Crippen LogP contribution < -0.4 is 15.0 Å². The predicted molar refractivity (Wildman–Crippen MR) is 123 cm³/mol. The third-order valence-electron chi connectivity index (χ3n) is 5.77. The zero-order valence-electron chi connectivity index (χ0n) is 18.6. The average Bonchev–Trinajstić information content (AvgIpc) is 2.92. The van der Waals surface area contributed by atoms with Crippen molar-refractivity contribution in [3.8, 4) is 0 Å². The van der Waals surface area contributed by atoms with Crippen molar-refractivity contribution < 1.29 is 13.2 Å². The zero-order chi connectivity index (χ0) is 22.5. The number of aromatic nitrogens is 1. The fourth-order valence-electron chi connectivity index (χ4n) is 4.31. The number of primary amides is 1. The number of sulfone groups is 1. The van der Waals surface area contributed by atoms with Crippen molar-refractivity contribution in [2.45, 2.75) is 59.8 Å². The summed E-state index contributed by atoms with van der Waals surface area (Å²) >= 11 is -2.24. The molecule has 1 amide bonds. The molecule has 0 unspecified atom stereocenters. The Labute approximate surface area is 182 Å². The number of carbonyl (C=O) groups excluding carboxylic acids is 1. The predicted octanol–water partition coefficient (Wildman–Crippen LogP) is 3.18. The van der Waals surface area contributed by atoms with Crippen molar-refractivity contribution in [3.05, 3.63) is 42.1 Å². The monoisotopic (exact) mass is 491 g/mol. The van der Waals surface area contributed by atoms with E-state index in [0.29, 0.717) is 18.3 Å². The summed E-state index contributed by atoms with van der Waals surface area (Å²) < 4.78 is 28.3. The molecule has 2 aromatic rings. The second-order valence-corrected chi connectivity index (χ2v) is 22.5. The first-order valence-electron chi connectivity index (χ1n) is 10.2. The average molecular weight is 490 g/mol. The van der Waals surface area contributed by atoms with Gasteiger partial charge in [-0.1, -0.05) is 0 Å². The van der Waals surface area contributed by atoms with Crippen LogP contribution >= 0.6 is 0 Å². The van der Waals surface area contributed by atoms with Gasteiger partial charge in [-0.25, -0.2) is 0 Å². The number of pyridine rings is 1. The summed E-state index contributed by atoms with van der Waals surface area (Å²) in [5, 5.41) is 0. The minimum absolute atomic E-state index is 0.0256. The van der Waals surface area contributed by atoms with Crippen LogP contribution in [-0.4, -0.2) is 44.7 Å². The molecule has 1 aromatic heterocycles. The summed E-state index contributed by atoms with van der Waals surface area (Å²) in [5.74, 6) is 6.60. The molecule has 162 valence electrons. The Bertz CT molecular complexity index is 1090. The van der Waals surface area contributed by atoms with Crippen molar-refractivity contribution in [1.29, 1.82) is 0 Å². The van der Waals surface area contributed by atoms with Crippen molar-refractivity contribution in [3.63, 3.8) is 0 Å². The molecule has 1 atom stereocenters. The topological polar surface area (TPSA) is 93.4 Å². The van der Waals surface area contributed by atoms with Gasteiger partial charge in [0.15, 0.2) is 0 Å². The van der Waals surface area contributed by atoms with E-state index in [4.69, 9.17) is 5.73 Å². The Balaban J connectivity index is 2.21. The molecule has 0 bridgehead atoms. The third-order valence-corrected chi connectivity index (χ3v) is 11.8. The normalized spacial score (nSPS) is 19.1. The molecule has 0 saturated carbocycles. The van der Waals surface area contributed by atoms with Crippen LogP contribution in [0.1, 0.15) is 37.6 Å². The SMILES string of the molecule is C[C@@H]1CN(c2nccc(S(=O)(=O)c3ccc[c]([Ge]([CH3])([CH3])[CH3])c3)c2C(N)=O)C(C)(C)C1. The van der Waals surface area contributed by atoms with Crippen LogP contribution in [0, 0.1) is 5.92 Å². The number of amides is 1. The molecule has 1 aromatic carbocycles. The fourth-order valence-corrected chi connectivity index (χ4v) is 8.51. The molecule has 0 aliphatic carbocycles.